The van der Waals surface area contributed by atoms with Crippen LogP contribution in [-0.2, 0) is 0 Å². The molecular weight excluding hydrogens is 348 g/mol. The van der Waals surface area contributed by atoms with Crippen LogP contribution in [0.15, 0.2) is 46.9 Å². The summed E-state index contributed by atoms with van der Waals surface area (Å²) < 4.78 is 3.45. The fourth-order valence-electron chi connectivity index (χ4n) is 3.97. The standard InChI is InChI=1S/C23H28N4O/c1-17(2)27-23(28)13-12-21(25-27)20-11-8-14-26-22(20)16-19(24-26)15-18-9-6-4-3-5-7-10-18/h8,11-17H,3-7,9-10H2,1-2H3. The van der Waals surface area contributed by atoms with Crippen molar-refractivity contribution in [3.8, 4) is 11.3 Å². The predicted octanol–water partition coefficient (Wildman–Crippen LogP) is 5.27. The van der Waals surface area contributed by atoms with Gasteiger partial charge in [0.15, 0.2) is 0 Å². The number of nitrogens with zero attached hydrogens (tertiary/aromatic N) is 4. The maximum absolute atomic E-state index is 12.1. The van der Waals surface area contributed by atoms with Crippen molar-refractivity contribution < 1.29 is 0 Å². The zero-order chi connectivity index (χ0) is 19.5. The predicted molar refractivity (Wildman–Crippen MR) is 113 cm³/mol. The molecule has 3 aromatic heterocycles. The lowest BCUT2D eigenvalue weighted by Gasteiger charge is -2.11. The minimum absolute atomic E-state index is 0.0247. The molecule has 0 unspecified atom stereocenters. The van der Waals surface area contributed by atoms with Crippen LogP contribution in [0.4, 0.5) is 0 Å². The molecule has 0 N–H and O–H groups in total. The van der Waals surface area contributed by atoms with Crippen LogP contribution in [0.2, 0.25) is 0 Å². The Morgan fingerprint density at radius 3 is 2.50 bits per heavy atom. The van der Waals surface area contributed by atoms with E-state index >= 15 is 0 Å². The first-order valence-electron chi connectivity index (χ1n) is 10.4. The lowest BCUT2D eigenvalue weighted by atomic mass is 9.95. The molecule has 3 heterocycles. The molecule has 0 radical (unpaired) electrons. The molecule has 0 atom stereocenters. The fraction of sp³-hybridized carbons (Fsp3) is 0.435. The third kappa shape index (κ3) is 3.93. The largest absolute Gasteiger partial charge is 0.268 e. The van der Waals surface area contributed by atoms with Crippen LogP contribution in [0.1, 0.15) is 70.5 Å². The zero-order valence-corrected chi connectivity index (χ0v) is 16.8. The first kappa shape index (κ1) is 18.7. The van der Waals surface area contributed by atoms with Crippen molar-refractivity contribution in [3.63, 3.8) is 0 Å². The number of pyridine rings is 1. The van der Waals surface area contributed by atoms with Crippen molar-refractivity contribution in [2.75, 3.05) is 0 Å². The number of hydrogen-bond acceptors (Lipinski definition) is 3. The van der Waals surface area contributed by atoms with Gasteiger partial charge in [0, 0.05) is 17.8 Å². The van der Waals surface area contributed by atoms with Crippen molar-refractivity contribution in [2.24, 2.45) is 0 Å². The van der Waals surface area contributed by atoms with Crippen LogP contribution in [0.5, 0.6) is 0 Å². The van der Waals surface area contributed by atoms with Crippen molar-refractivity contribution in [2.45, 2.75) is 64.8 Å². The molecular formula is C23H28N4O. The summed E-state index contributed by atoms with van der Waals surface area (Å²) in [6.07, 6.45) is 13.2. The number of fused-ring (bicyclic) bond motifs is 1. The summed E-state index contributed by atoms with van der Waals surface area (Å²) in [6.45, 7) is 3.94. The molecule has 0 spiro atoms. The van der Waals surface area contributed by atoms with Gasteiger partial charge >= 0.3 is 0 Å². The van der Waals surface area contributed by atoms with Gasteiger partial charge in [-0.2, -0.15) is 10.2 Å². The molecule has 1 fully saturated rings. The molecule has 28 heavy (non-hydrogen) atoms. The average Bonchev–Trinajstić information content (AvgIpc) is 3.06. The summed E-state index contributed by atoms with van der Waals surface area (Å²) in [7, 11) is 0. The van der Waals surface area contributed by atoms with Gasteiger partial charge in [0.25, 0.3) is 5.56 Å². The van der Waals surface area contributed by atoms with Crippen LogP contribution in [0.3, 0.4) is 0 Å². The molecule has 0 aromatic carbocycles. The second kappa shape index (κ2) is 8.13. The zero-order valence-electron chi connectivity index (χ0n) is 16.8. The Kier molecular flexibility index (Phi) is 5.42. The van der Waals surface area contributed by atoms with E-state index in [0.29, 0.717) is 0 Å². The molecule has 1 aliphatic carbocycles. The molecule has 0 amide bonds. The number of rotatable bonds is 3. The first-order chi connectivity index (χ1) is 13.6. The van der Waals surface area contributed by atoms with Gasteiger partial charge in [-0.3, -0.25) is 4.79 Å². The minimum Gasteiger partial charge on any atom is -0.268 e. The molecule has 1 saturated carbocycles. The number of hydrogen-bond donors (Lipinski definition) is 0. The Balaban J connectivity index is 1.73. The van der Waals surface area contributed by atoms with Gasteiger partial charge in [0.2, 0.25) is 0 Å². The molecule has 0 bridgehead atoms. The van der Waals surface area contributed by atoms with Crippen molar-refractivity contribution in [1.82, 2.24) is 19.4 Å². The highest BCUT2D eigenvalue weighted by Gasteiger charge is 2.12. The Morgan fingerprint density at radius 1 is 1.00 bits per heavy atom. The average molecular weight is 377 g/mol. The van der Waals surface area contributed by atoms with Gasteiger partial charge in [-0.05, 0) is 69.9 Å². The van der Waals surface area contributed by atoms with E-state index in [0.717, 1.165) is 22.5 Å². The highest BCUT2D eigenvalue weighted by atomic mass is 16.1. The summed E-state index contributed by atoms with van der Waals surface area (Å²) >= 11 is 0. The Morgan fingerprint density at radius 2 is 1.75 bits per heavy atom. The van der Waals surface area contributed by atoms with Crippen LogP contribution in [-0.4, -0.2) is 19.4 Å². The van der Waals surface area contributed by atoms with E-state index in [-0.39, 0.29) is 11.6 Å². The highest BCUT2D eigenvalue weighted by molar-refractivity contribution is 5.79. The minimum atomic E-state index is -0.0751. The van der Waals surface area contributed by atoms with E-state index < -0.39 is 0 Å². The normalized spacial score (nSPS) is 15.6. The first-order valence-corrected chi connectivity index (χ1v) is 10.4. The Hall–Kier alpha value is -2.69. The van der Waals surface area contributed by atoms with Gasteiger partial charge in [0.05, 0.1) is 22.9 Å². The molecule has 4 rings (SSSR count). The summed E-state index contributed by atoms with van der Waals surface area (Å²) in [5, 5.41) is 9.35. The third-order valence-electron chi connectivity index (χ3n) is 5.46. The third-order valence-corrected chi connectivity index (χ3v) is 5.46. The Labute approximate surface area is 165 Å². The second-order valence-electron chi connectivity index (χ2n) is 7.99. The maximum Gasteiger partial charge on any atom is 0.267 e. The van der Waals surface area contributed by atoms with E-state index in [4.69, 9.17) is 5.10 Å². The van der Waals surface area contributed by atoms with E-state index in [2.05, 4.69) is 17.2 Å². The van der Waals surface area contributed by atoms with Gasteiger partial charge in [-0.1, -0.05) is 24.8 Å². The quantitative estimate of drug-likeness (QED) is 0.626. The van der Waals surface area contributed by atoms with Gasteiger partial charge in [-0.25, -0.2) is 9.20 Å². The lowest BCUT2D eigenvalue weighted by molar-refractivity contribution is 0.505. The van der Waals surface area contributed by atoms with E-state index in [1.54, 1.807) is 12.1 Å². The molecule has 5 heteroatoms. The number of aromatic nitrogens is 4. The summed E-state index contributed by atoms with van der Waals surface area (Å²) in [4.78, 5) is 12.1. The second-order valence-corrected chi connectivity index (χ2v) is 7.99. The van der Waals surface area contributed by atoms with Gasteiger partial charge in [0.1, 0.15) is 0 Å². The van der Waals surface area contributed by atoms with Crippen LogP contribution in [0, 0.1) is 0 Å². The lowest BCUT2D eigenvalue weighted by Crippen LogP contribution is -2.23. The SMILES string of the molecule is CC(C)n1nc(-c2cccn3nc(C=C4CCCCCCC4)cc23)ccc1=O. The molecule has 146 valence electrons. The van der Waals surface area contributed by atoms with Crippen LogP contribution >= 0.6 is 0 Å². The molecule has 0 aliphatic heterocycles. The Bertz CT molecular complexity index is 1050. The van der Waals surface area contributed by atoms with Crippen molar-refractivity contribution in [1.29, 1.82) is 0 Å². The van der Waals surface area contributed by atoms with Gasteiger partial charge < -0.3 is 0 Å². The molecule has 3 aromatic rings. The number of allylic oxidation sites excluding steroid dienone is 1. The molecule has 0 saturated heterocycles. The van der Waals surface area contributed by atoms with Crippen LogP contribution in [0.25, 0.3) is 22.9 Å². The van der Waals surface area contributed by atoms with E-state index in [1.165, 1.54) is 55.2 Å². The topological polar surface area (TPSA) is 52.2 Å². The molecule has 1 aliphatic rings. The van der Waals surface area contributed by atoms with Gasteiger partial charge in [-0.15, -0.1) is 0 Å². The summed E-state index contributed by atoms with van der Waals surface area (Å²) in [5.74, 6) is 0. The molecule has 5 nitrogen and oxygen atoms in total. The smallest absolute Gasteiger partial charge is 0.267 e. The highest BCUT2D eigenvalue weighted by Crippen LogP contribution is 2.26. The van der Waals surface area contributed by atoms with Crippen molar-refractivity contribution in [3.05, 3.63) is 58.1 Å². The fourth-order valence-corrected chi connectivity index (χ4v) is 3.97. The monoisotopic (exact) mass is 376 g/mol. The van der Waals surface area contributed by atoms with E-state index in [1.807, 2.05) is 36.7 Å². The van der Waals surface area contributed by atoms with Crippen molar-refractivity contribution >= 4 is 11.6 Å². The summed E-state index contributed by atoms with van der Waals surface area (Å²) in [6, 6.07) is 9.58. The van der Waals surface area contributed by atoms with E-state index in [9.17, 15) is 4.79 Å². The summed E-state index contributed by atoms with van der Waals surface area (Å²) in [5.41, 5.74) is 5.24. The van der Waals surface area contributed by atoms with Crippen LogP contribution < -0.4 is 5.56 Å². The maximum atomic E-state index is 12.1.